The zero-order chi connectivity index (χ0) is 18.4. The maximum absolute atomic E-state index is 3.70. The van der Waals surface area contributed by atoms with Gasteiger partial charge < -0.3 is 0 Å². The van der Waals surface area contributed by atoms with Crippen LogP contribution >= 0.6 is 15.9 Å². The molecule has 0 aliphatic heterocycles. The van der Waals surface area contributed by atoms with Crippen molar-refractivity contribution in [1.29, 1.82) is 0 Å². The van der Waals surface area contributed by atoms with E-state index in [-0.39, 0.29) is 5.41 Å². The van der Waals surface area contributed by atoms with Crippen molar-refractivity contribution in [3.8, 4) is 11.1 Å². The molecule has 0 nitrogen and oxygen atoms in total. The maximum Gasteiger partial charge on any atom is 0.0713 e. The lowest BCUT2D eigenvalue weighted by Crippen LogP contribution is -2.28. The molecule has 5 rings (SSSR count). The Morgan fingerprint density at radius 3 is 1.78 bits per heavy atom. The van der Waals surface area contributed by atoms with Crippen LogP contribution in [0, 0.1) is 6.92 Å². The molecular weight excluding hydrogens is 392 g/mol. The predicted octanol–water partition coefficient (Wildman–Crippen LogP) is 7.12. The van der Waals surface area contributed by atoms with E-state index in [1.165, 1.54) is 38.9 Å². The van der Waals surface area contributed by atoms with E-state index in [4.69, 9.17) is 0 Å². The molecule has 1 aliphatic rings. The summed E-state index contributed by atoms with van der Waals surface area (Å²) in [6, 6.07) is 35.4. The van der Waals surface area contributed by atoms with Crippen LogP contribution in [0.3, 0.4) is 0 Å². The van der Waals surface area contributed by atoms with Gasteiger partial charge in [0.2, 0.25) is 0 Å². The summed E-state index contributed by atoms with van der Waals surface area (Å²) in [6.45, 7) is 2.14. The normalized spacial score (nSPS) is 13.9. The molecule has 0 radical (unpaired) electrons. The van der Waals surface area contributed by atoms with Gasteiger partial charge in [0, 0.05) is 4.47 Å². The molecule has 0 N–H and O–H groups in total. The number of hydrogen-bond acceptors (Lipinski definition) is 0. The average Bonchev–Trinajstić information content (AvgIpc) is 3.00. The van der Waals surface area contributed by atoms with Gasteiger partial charge >= 0.3 is 0 Å². The van der Waals surface area contributed by atoms with Crippen LogP contribution in [0.25, 0.3) is 11.1 Å². The summed E-state index contributed by atoms with van der Waals surface area (Å²) >= 11 is 3.70. The van der Waals surface area contributed by atoms with Crippen molar-refractivity contribution < 1.29 is 0 Å². The zero-order valence-corrected chi connectivity index (χ0v) is 16.7. The Morgan fingerprint density at radius 1 is 0.593 bits per heavy atom. The Bertz CT molecular complexity index is 1090. The first-order chi connectivity index (χ1) is 13.2. The van der Waals surface area contributed by atoms with Crippen molar-refractivity contribution in [1.82, 2.24) is 0 Å². The summed E-state index contributed by atoms with van der Waals surface area (Å²) in [5.41, 5.74) is 8.94. The molecule has 0 saturated heterocycles. The monoisotopic (exact) mass is 410 g/mol. The molecule has 1 heteroatoms. The first-order valence-corrected chi connectivity index (χ1v) is 10.0. The van der Waals surface area contributed by atoms with Gasteiger partial charge in [-0.1, -0.05) is 106 Å². The highest BCUT2D eigenvalue weighted by Crippen LogP contribution is 2.56. The molecule has 0 unspecified atom stereocenters. The molecule has 0 amide bonds. The first-order valence-electron chi connectivity index (χ1n) is 9.24. The molecular formula is C26H19Br. The Kier molecular flexibility index (Phi) is 3.80. The summed E-state index contributed by atoms with van der Waals surface area (Å²) in [5, 5.41) is 0. The van der Waals surface area contributed by atoms with Crippen LogP contribution in [0.4, 0.5) is 0 Å². The number of hydrogen-bond donors (Lipinski definition) is 0. The highest BCUT2D eigenvalue weighted by Gasteiger charge is 2.45. The molecule has 0 heterocycles. The Balaban J connectivity index is 1.96. The lowest BCUT2D eigenvalue weighted by molar-refractivity contribution is 0.767. The second-order valence-corrected chi connectivity index (χ2v) is 8.13. The quantitative estimate of drug-likeness (QED) is 0.290. The van der Waals surface area contributed by atoms with Gasteiger partial charge in [-0.3, -0.25) is 0 Å². The molecule has 0 aromatic heterocycles. The van der Waals surface area contributed by atoms with Crippen LogP contribution in [0.15, 0.2) is 102 Å². The first kappa shape index (κ1) is 16.5. The second-order valence-electron chi connectivity index (χ2n) is 7.22. The van der Waals surface area contributed by atoms with Crippen LogP contribution in [0.2, 0.25) is 0 Å². The summed E-state index contributed by atoms with van der Waals surface area (Å²) in [7, 11) is 0. The molecule has 0 fully saturated rings. The van der Waals surface area contributed by atoms with Crippen molar-refractivity contribution in [2.75, 3.05) is 0 Å². The third-order valence-corrected chi connectivity index (χ3v) is 6.19. The zero-order valence-electron chi connectivity index (χ0n) is 15.1. The highest BCUT2D eigenvalue weighted by molar-refractivity contribution is 9.10. The standard InChI is InChI=1S/C26H19Br/c1-18-13-15-19(16-14-18)26(20-7-6-8-21(27)17-20)24-11-4-2-9-22(24)23-10-3-5-12-25(23)26/h2-17H,1H3. The number of aryl methyl sites for hydroxylation is 1. The SMILES string of the molecule is Cc1ccc(C2(c3cccc(Br)c3)c3ccccc3-c3ccccc32)cc1. The van der Waals surface area contributed by atoms with Gasteiger partial charge in [-0.15, -0.1) is 0 Å². The molecule has 0 spiro atoms. The van der Waals surface area contributed by atoms with Crippen molar-refractivity contribution >= 4 is 15.9 Å². The molecule has 0 saturated carbocycles. The topological polar surface area (TPSA) is 0 Å². The minimum absolute atomic E-state index is 0.301. The molecule has 0 bridgehead atoms. The summed E-state index contributed by atoms with van der Waals surface area (Å²) in [6.07, 6.45) is 0. The van der Waals surface area contributed by atoms with Crippen LogP contribution < -0.4 is 0 Å². The van der Waals surface area contributed by atoms with Gasteiger partial charge in [-0.2, -0.15) is 0 Å². The Labute approximate surface area is 168 Å². The van der Waals surface area contributed by atoms with E-state index in [0.717, 1.165) is 4.47 Å². The third-order valence-electron chi connectivity index (χ3n) is 5.69. The molecule has 130 valence electrons. The van der Waals surface area contributed by atoms with Crippen molar-refractivity contribution in [3.05, 3.63) is 129 Å². The lowest BCUT2D eigenvalue weighted by Gasteiger charge is -2.34. The van der Waals surface area contributed by atoms with Crippen molar-refractivity contribution in [2.24, 2.45) is 0 Å². The van der Waals surface area contributed by atoms with Gasteiger partial charge in [0.05, 0.1) is 5.41 Å². The van der Waals surface area contributed by atoms with Crippen molar-refractivity contribution in [3.63, 3.8) is 0 Å². The smallest absolute Gasteiger partial charge is 0.0619 e. The Hall–Kier alpha value is -2.64. The third kappa shape index (κ3) is 2.35. The van der Waals surface area contributed by atoms with E-state index in [0.29, 0.717) is 0 Å². The van der Waals surface area contributed by atoms with Gasteiger partial charge in [0.15, 0.2) is 0 Å². The van der Waals surface area contributed by atoms with Gasteiger partial charge in [0.1, 0.15) is 0 Å². The highest BCUT2D eigenvalue weighted by atomic mass is 79.9. The summed E-state index contributed by atoms with van der Waals surface area (Å²) in [5.74, 6) is 0. The van der Waals surface area contributed by atoms with E-state index in [9.17, 15) is 0 Å². The summed E-state index contributed by atoms with van der Waals surface area (Å²) < 4.78 is 1.10. The molecule has 4 aromatic rings. The van der Waals surface area contributed by atoms with E-state index >= 15 is 0 Å². The van der Waals surface area contributed by atoms with E-state index < -0.39 is 0 Å². The number of halogens is 1. The van der Waals surface area contributed by atoms with Crippen LogP contribution in [-0.2, 0) is 5.41 Å². The minimum Gasteiger partial charge on any atom is -0.0619 e. The van der Waals surface area contributed by atoms with E-state index in [2.05, 4.69) is 120 Å². The van der Waals surface area contributed by atoms with Gasteiger partial charge in [-0.25, -0.2) is 0 Å². The molecule has 1 aliphatic carbocycles. The number of fused-ring (bicyclic) bond motifs is 3. The van der Waals surface area contributed by atoms with E-state index in [1.54, 1.807) is 0 Å². The fourth-order valence-electron chi connectivity index (χ4n) is 4.55. The maximum atomic E-state index is 3.70. The number of benzene rings is 4. The van der Waals surface area contributed by atoms with E-state index in [1.807, 2.05) is 0 Å². The van der Waals surface area contributed by atoms with Crippen LogP contribution in [0.5, 0.6) is 0 Å². The number of rotatable bonds is 2. The molecule has 4 aromatic carbocycles. The molecule has 0 atom stereocenters. The minimum atomic E-state index is -0.301. The lowest BCUT2D eigenvalue weighted by atomic mass is 9.67. The molecule has 27 heavy (non-hydrogen) atoms. The van der Waals surface area contributed by atoms with Crippen molar-refractivity contribution in [2.45, 2.75) is 12.3 Å². The Morgan fingerprint density at radius 2 is 1.19 bits per heavy atom. The average molecular weight is 411 g/mol. The van der Waals surface area contributed by atoms with Crippen LogP contribution in [-0.4, -0.2) is 0 Å². The van der Waals surface area contributed by atoms with Crippen LogP contribution in [0.1, 0.15) is 27.8 Å². The predicted molar refractivity (Wildman–Crippen MR) is 116 cm³/mol. The van der Waals surface area contributed by atoms with Gasteiger partial charge in [0.25, 0.3) is 0 Å². The summed E-state index contributed by atoms with van der Waals surface area (Å²) in [4.78, 5) is 0. The van der Waals surface area contributed by atoms with Gasteiger partial charge in [-0.05, 0) is 52.4 Å². The fraction of sp³-hybridized carbons (Fsp3) is 0.0769. The largest absolute Gasteiger partial charge is 0.0713 e. The second kappa shape index (κ2) is 6.21. The fourth-order valence-corrected chi connectivity index (χ4v) is 4.95.